The van der Waals surface area contributed by atoms with Crippen LogP contribution in [0.3, 0.4) is 0 Å². The van der Waals surface area contributed by atoms with Gasteiger partial charge in [-0.05, 0) is 0 Å². The molecule has 0 rings (SSSR count). The van der Waals surface area contributed by atoms with E-state index in [1.54, 1.807) is 4.99 Å². The second-order valence-electron chi connectivity index (χ2n) is 1.09. The van der Waals surface area contributed by atoms with Gasteiger partial charge >= 0.3 is 6.30 Å². The summed E-state index contributed by atoms with van der Waals surface area (Å²) < 4.78 is 44.5. The van der Waals surface area contributed by atoms with Gasteiger partial charge in [-0.25, -0.2) is 0 Å². The molecule has 1 nitrogen and oxygen atoms in total. The van der Waals surface area contributed by atoms with Gasteiger partial charge in [0.25, 0.3) is 0 Å². The summed E-state index contributed by atoms with van der Waals surface area (Å²) in [5.74, 6) is -2.47. The predicted molar refractivity (Wildman–Crippen MR) is 25.3 cm³/mol. The molecule has 0 atom stereocenters. The maximum atomic E-state index is 11.5. The molecule has 0 unspecified atom stereocenters. The summed E-state index contributed by atoms with van der Waals surface area (Å²) in [6.07, 6.45) is -4.85. The fourth-order valence-corrected chi connectivity index (χ4v) is 0.227. The molecule has 6 heteroatoms. The Kier molecular flexibility index (Phi) is 2.90. The number of hydrogen-bond acceptors (Lipinski definition) is 1. The first-order valence-corrected chi connectivity index (χ1v) is 2.36. The SMILES string of the molecule is F/C(CCl)=N\C(F)(F)F. The molecule has 0 fully saturated rings. The third-order valence-corrected chi connectivity index (χ3v) is 0.579. The summed E-state index contributed by atoms with van der Waals surface area (Å²) in [6.45, 7) is 0. The summed E-state index contributed by atoms with van der Waals surface area (Å²) in [4.78, 5) is 1.65. The molecule has 0 aromatic carbocycles. The van der Waals surface area contributed by atoms with Gasteiger partial charge in [-0.3, -0.25) is 0 Å². The monoisotopic (exact) mass is 163 g/mol. The lowest BCUT2D eigenvalue weighted by atomic mass is 10.8. The van der Waals surface area contributed by atoms with E-state index in [-0.39, 0.29) is 0 Å². The minimum absolute atomic E-state index is 0.848. The molecule has 54 valence electrons. The Bertz CT molecular complexity index is 117. The van der Waals surface area contributed by atoms with Gasteiger partial charge in [0.2, 0.25) is 5.97 Å². The summed E-state index contributed by atoms with van der Waals surface area (Å²) in [5, 5.41) is 0. The maximum absolute atomic E-state index is 11.5. The van der Waals surface area contributed by atoms with E-state index in [0.29, 0.717) is 0 Å². The Morgan fingerprint density at radius 1 is 1.44 bits per heavy atom. The number of nitrogens with zero attached hydrogens (tertiary/aromatic N) is 1. The smallest absolute Gasteiger partial charge is 0.189 e. The number of hydrogen-bond donors (Lipinski definition) is 0. The van der Waals surface area contributed by atoms with Crippen molar-refractivity contribution in [2.75, 3.05) is 5.88 Å². The Hall–Kier alpha value is -0.320. The fourth-order valence-electron chi connectivity index (χ4n) is 0.167. The van der Waals surface area contributed by atoms with Crippen molar-refractivity contribution in [3.63, 3.8) is 0 Å². The lowest BCUT2D eigenvalue weighted by Crippen LogP contribution is -2.06. The molecule has 0 amide bonds. The molecule has 0 bridgehead atoms. The Balaban J connectivity index is 3.95. The normalized spacial score (nSPS) is 14.1. The summed E-state index contributed by atoms with van der Waals surface area (Å²) in [6, 6.07) is 0. The van der Waals surface area contributed by atoms with E-state index in [4.69, 9.17) is 0 Å². The van der Waals surface area contributed by atoms with Crippen molar-refractivity contribution < 1.29 is 17.6 Å². The molecular weight excluding hydrogens is 161 g/mol. The third-order valence-electron chi connectivity index (χ3n) is 0.358. The minimum atomic E-state index is -4.85. The van der Waals surface area contributed by atoms with E-state index in [0.717, 1.165) is 0 Å². The summed E-state index contributed by atoms with van der Waals surface area (Å²) >= 11 is 4.65. The van der Waals surface area contributed by atoms with Crippen molar-refractivity contribution in [3.8, 4) is 0 Å². The average molecular weight is 164 g/mol. The molecule has 0 saturated carbocycles. The quantitative estimate of drug-likeness (QED) is 0.243. The highest BCUT2D eigenvalue weighted by molar-refractivity contribution is 6.27. The van der Waals surface area contributed by atoms with Gasteiger partial charge in [-0.15, -0.1) is 24.8 Å². The van der Waals surface area contributed by atoms with E-state index in [1.807, 2.05) is 0 Å². The van der Waals surface area contributed by atoms with Gasteiger partial charge in [-0.1, -0.05) is 0 Å². The first kappa shape index (κ1) is 8.68. The zero-order valence-electron chi connectivity index (χ0n) is 4.04. The van der Waals surface area contributed by atoms with Crippen LogP contribution in [0.4, 0.5) is 17.6 Å². The standard InChI is InChI=1S/C3H2ClF4N/c4-1-2(5)9-3(6,7)8/h1H2/b9-2-. The van der Waals surface area contributed by atoms with Crippen molar-refractivity contribution in [1.82, 2.24) is 0 Å². The maximum Gasteiger partial charge on any atom is 0.505 e. The fraction of sp³-hybridized carbons (Fsp3) is 0.667. The highest BCUT2D eigenvalue weighted by atomic mass is 35.5. The first-order chi connectivity index (χ1) is 3.95. The Morgan fingerprint density at radius 2 is 1.89 bits per heavy atom. The van der Waals surface area contributed by atoms with Gasteiger partial charge in [0.1, 0.15) is 0 Å². The van der Waals surface area contributed by atoms with Gasteiger partial charge < -0.3 is 0 Å². The second-order valence-corrected chi connectivity index (χ2v) is 1.36. The Labute approximate surface area is 53.3 Å². The third kappa shape index (κ3) is 5.55. The van der Waals surface area contributed by atoms with E-state index >= 15 is 0 Å². The summed E-state index contributed by atoms with van der Waals surface area (Å²) in [7, 11) is 0. The van der Waals surface area contributed by atoms with E-state index in [2.05, 4.69) is 11.6 Å². The molecular formula is C3H2ClF4N. The van der Waals surface area contributed by atoms with Crippen LogP contribution in [0.2, 0.25) is 0 Å². The second kappa shape index (κ2) is 3.00. The molecule has 0 spiro atoms. The average Bonchev–Trinajstić information content (AvgIpc) is 1.62. The van der Waals surface area contributed by atoms with Crippen LogP contribution in [0.15, 0.2) is 4.99 Å². The largest absolute Gasteiger partial charge is 0.505 e. The molecule has 0 aromatic heterocycles. The van der Waals surface area contributed by atoms with Crippen molar-refractivity contribution in [1.29, 1.82) is 0 Å². The van der Waals surface area contributed by atoms with E-state index < -0.39 is 18.1 Å². The first-order valence-electron chi connectivity index (χ1n) is 1.82. The predicted octanol–water partition coefficient (Wildman–Crippen LogP) is 2.11. The van der Waals surface area contributed by atoms with Crippen LogP contribution < -0.4 is 0 Å². The topological polar surface area (TPSA) is 12.4 Å². The minimum Gasteiger partial charge on any atom is -0.189 e. The van der Waals surface area contributed by atoms with Crippen molar-refractivity contribution in [2.45, 2.75) is 6.30 Å². The van der Waals surface area contributed by atoms with Crippen LogP contribution in [0.1, 0.15) is 0 Å². The molecule has 0 heterocycles. The van der Waals surface area contributed by atoms with Crippen LogP contribution >= 0.6 is 11.6 Å². The molecule has 0 N–H and O–H groups in total. The van der Waals surface area contributed by atoms with Crippen molar-refractivity contribution >= 4 is 17.6 Å². The zero-order valence-corrected chi connectivity index (χ0v) is 4.80. The van der Waals surface area contributed by atoms with Crippen LogP contribution in [-0.4, -0.2) is 18.1 Å². The highest BCUT2D eigenvalue weighted by Gasteiger charge is 2.26. The van der Waals surface area contributed by atoms with Crippen molar-refractivity contribution in [2.24, 2.45) is 4.99 Å². The molecule has 0 aromatic rings. The molecule has 0 aliphatic rings. The van der Waals surface area contributed by atoms with Gasteiger partial charge in [-0.2, -0.15) is 9.38 Å². The molecule has 0 radical (unpaired) electrons. The van der Waals surface area contributed by atoms with Gasteiger partial charge in [0.05, 0.1) is 5.88 Å². The molecule has 0 aliphatic heterocycles. The molecule has 0 aliphatic carbocycles. The molecule has 0 saturated heterocycles. The van der Waals surface area contributed by atoms with Crippen LogP contribution in [-0.2, 0) is 0 Å². The van der Waals surface area contributed by atoms with Crippen LogP contribution in [0.5, 0.6) is 0 Å². The molecule has 9 heavy (non-hydrogen) atoms. The van der Waals surface area contributed by atoms with E-state index in [9.17, 15) is 17.6 Å². The lowest BCUT2D eigenvalue weighted by Gasteiger charge is -1.95. The summed E-state index contributed by atoms with van der Waals surface area (Å²) in [5.41, 5.74) is 0. The van der Waals surface area contributed by atoms with E-state index in [1.165, 1.54) is 0 Å². The zero-order chi connectivity index (χ0) is 7.49. The van der Waals surface area contributed by atoms with Crippen LogP contribution in [0, 0.1) is 0 Å². The van der Waals surface area contributed by atoms with Gasteiger partial charge in [0, 0.05) is 0 Å². The number of rotatable bonds is 1. The number of aliphatic imine (C=N–C) groups is 1. The van der Waals surface area contributed by atoms with Gasteiger partial charge in [0.15, 0.2) is 0 Å². The lowest BCUT2D eigenvalue weighted by molar-refractivity contribution is -0.120. The number of alkyl halides is 4. The van der Waals surface area contributed by atoms with Crippen molar-refractivity contribution in [3.05, 3.63) is 0 Å². The van der Waals surface area contributed by atoms with Crippen LogP contribution in [0.25, 0.3) is 0 Å². The number of halogens is 5. The Morgan fingerprint density at radius 3 is 2.00 bits per heavy atom. The highest BCUT2D eigenvalue weighted by Crippen LogP contribution is 2.16.